The van der Waals surface area contributed by atoms with Crippen molar-refractivity contribution in [3.05, 3.63) is 71.8 Å². The molecule has 0 unspecified atom stereocenters. The summed E-state index contributed by atoms with van der Waals surface area (Å²) in [5.74, 6) is 0. The molecule has 0 heterocycles. The van der Waals surface area contributed by atoms with Crippen molar-refractivity contribution >= 4 is 10.0 Å². The summed E-state index contributed by atoms with van der Waals surface area (Å²) in [6.07, 6.45) is 0. The highest BCUT2D eigenvalue weighted by atomic mass is 32.2. The fraction of sp³-hybridized carbons (Fsp3) is 0.200. The minimum Gasteiger partial charge on any atom is -0.322 e. The zero-order chi connectivity index (χ0) is 17.1. The van der Waals surface area contributed by atoms with Gasteiger partial charge < -0.3 is 5.73 Å². The standard InChI is InChI=1S/C15H15F3N2O2S/c16-15(17,18)23(21,22)20-14(12-9-5-2-6-10-12)13(19)11-7-3-1-4-8-11/h1-10,13-14,20H,19H2/t13-,14-/m0/s1. The molecule has 0 fully saturated rings. The van der Waals surface area contributed by atoms with Crippen LogP contribution in [0.1, 0.15) is 23.2 Å². The van der Waals surface area contributed by atoms with Crippen LogP contribution in [0.25, 0.3) is 0 Å². The third kappa shape index (κ3) is 4.10. The van der Waals surface area contributed by atoms with Crippen LogP contribution in [0.2, 0.25) is 0 Å². The molecular weight excluding hydrogens is 329 g/mol. The van der Waals surface area contributed by atoms with Crippen LogP contribution in [0.3, 0.4) is 0 Å². The van der Waals surface area contributed by atoms with Gasteiger partial charge in [0.15, 0.2) is 0 Å². The Hall–Kier alpha value is -1.90. The Balaban J connectivity index is 2.42. The van der Waals surface area contributed by atoms with Gasteiger partial charge in [-0.3, -0.25) is 0 Å². The normalized spacial score (nSPS) is 15.1. The lowest BCUT2D eigenvalue weighted by molar-refractivity contribution is -0.0451. The van der Waals surface area contributed by atoms with E-state index in [0.29, 0.717) is 11.1 Å². The van der Waals surface area contributed by atoms with E-state index in [1.807, 2.05) is 0 Å². The molecule has 0 saturated carbocycles. The van der Waals surface area contributed by atoms with Crippen LogP contribution in [-0.4, -0.2) is 13.9 Å². The first kappa shape index (κ1) is 17.5. The van der Waals surface area contributed by atoms with Gasteiger partial charge >= 0.3 is 15.5 Å². The zero-order valence-electron chi connectivity index (χ0n) is 11.9. The summed E-state index contributed by atoms with van der Waals surface area (Å²) in [6.45, 7) is 0. The number of hydrogen-bond acceptors (Lipinski definition) is 3. The first-order chi connectivity index (χ1) is 10.7. The molecule has 0 aliphatic rings. The second-order valence-electron chi connectivity index (χ2n) is 4.89. The van der Waals surface area contributed by atoms with Gasteiger partial charge in [0.25, 0.3) is 0 Å². The van der Waals surface area contributed by atoms with E-state index in [-0.39, 0.29) is 0 Å². The maximum atomic E-state index is 12.7. The van der Waals surface area contributed by atoms with E-state index in [1.165, 1.54) is 12.1 Å². The fourth-order valence-corrected chi connectivity index (χ4v) is 2.86. The van der Waals surface area contributed by atoms with Crippen molar-refractivity contribution < 1.29 is 21.6 Å². The predicted molar refractivity (Wildman–Crippen MR) is 80.7 cm³/mol. The molecule has 0 aliphatic heterocycles. The van der Waals surface area contributed by atoms with Gasteiger partial charge in [0.1, 0.15) is 0 Å². The Morgan fingerprint density at radius 2 is 1.30 bits per heavy atom. The van der Waals surface area contributed by atoms with E-state index >= 15 is 0 Å². The molecule has 0 aliphatic carbocycles. The molecule has 23 heavy (non-hydrogen) atoms. The second kappa shape index (κ2) is 6.69. The molecular formula is C15H15F3N2O2S. The van der Waals surface area contributed by atoms with Gasteiger partial charge in [-0.2, -0.15) is 17.9 Å². The molecule has 3 N–H and O–H groups in total. The van der Waals surface area contributed by atoms with Crippen molar-refractivity contribution in [1.29, 1.82) is 0 Å². The molecule has 0 amide bonds. The number of benzene rings is 2. The Labute approximate surface area is 132 Å². The van der Waals surface area contributed by atoms with Gasteiger partial charge in [-0.15, -0.1) is 0 Å². The van der Waals surface area contributed by atoms with Crippen LogP contribution in [-0.2, 0) is 10.0 Å². The minimum atomic E-state index is -5.53. The summed E-state index contributed by atoms with van der Waals surface area (Å²) in [5.41, 5.74) is 1.48. The molecule has 2 aromatic carbocycles. The van der Waals surface area contributed by atoms with Gasteiger partial charge in [-0.1, -0.05) is 60.7 Å². The summed E-state index contributed by atoms with van der Waals surface area (Å²) in [5, 5.41) is 0. The SMILES string of the molecule is N[C@@H](c1ccccc1)[C@@H](NS(=O)(=O)C(F)(F)F)c1ccccc1. The molecule has 0 saturated heterocycles. The zero-order valence-corrected chi connectivity index (χ0v) is 12.7. The summed E-state index contributed by atoms with van der Waals surface area (Å²) in [4.78, 5) is 0. The Bertz CT molecular complexity index is 734. The minimum absolute atomic E-state index is 0.344. The predicted octanol–water partition coefficient (Wildman–Crippen LogP) is 2.87. The summed E-state index contributed by atoms with van der Waals surface area (Å²) in [7, 11) is -5.53. The number of nitrogens with one attached hydrogen (secondary N) is 1. The first-order valence-corrected chi connectivity index (χ1v) is 8.15. The van der Waals surface area contributed by atoms with E-state index in [4.69, 9.17) is 5.73 Å². The van der Waals surface area contributed by atoms with Crippen LogP contribution < -0.4 is 10.5 Å². The molecule has 8 heteroatoms. The number of sulfonamides is 1. The number of rotatable bonds is 5. The van der Waals surface area contributed by atoms with Gasteiger partial charge in [-0.05, 0) is 11.1 Å². The van der Waals surface area contributed by atoms with E-state index in [2.05, 4.69) is 0 Å². The monoisotopic (exact) mass is 344 g/mol. The maximum absolute atomic E-state index is 12.7. The highest BCUT2D eigenvalue weighted by Gasteiger charge is 2.47. The molecule has 0 aromatic heterocycles. The lowest BCUT2D eigenvalue weighted by atomic mass is 9.95. The van der Waals surface area contributed by atoms with Gasteiger partial charge in [0.05, 0.1) is 12.1 Å². The molecule has 2 rings (SSSR count). The fourth-order valence-electron chi connectivity index (χ4n) is 2.11. The topological polar surface area (TPSA) is 72.2 Å². The Morgan fingerprint density at radius 3 is 1.74 bits per heavy atom. The second-order valence-corrected chi connectivity index (χ2v) is 6.60. The van der Waals surface area contributed by atoms with E-state index in [0.717, 1.165) is 0 Å². The van der Waals surface area contributed by atoms with Crippen LogP contribution in [0.15, 0.2) is 60.7 Å². The third-order valence-electron chi connectivity index (χ3n) is 3.29. The van der Waals surface area contributed by atoms with Crippen molar-refractivity contribution in [2.75, 3.05) is 0 Å². The lowest BCUT2D eigenvalue weighted by Crippen LogP contribution is -2.42. The molecule has 124 valence electrons. The number of alkyl halides is 3. The summed E-state index contributed by atoms with van der Waals surface area (Å²) >= 11 is 0. The highest BCUT2D eigenvalue weighted by Crippen LogP contribution is 2.31. The Kier molecular flexibility index (Phi) is 5.08. The largest absolute Gasteiger partial charge is 0.511 e. The molecule has 0 bridgehead atoms. The van der Waals surface area contributed by atoms with Crippen LogP contribution >= 0.6 is 0 Å². The molecule has 0 spiro atoms. The third-order valence-corrected chi connectivity index (χ3v) is 4.46. The van der Waals surface area contributed by atoms with Crippen molar-refractivity contribution in [2.45, 2.75) is 17.6 Å². The smallest absolute Gasteiger partial charge is 0.322 e. The molecule has 2 aromatic rings. The van der Waals surface area contributed by atoms with E-state index in [1.54, 1.807) is 53.3 Å². The molecule has 4 nitrogen and oxygen atoms in total. The quantitative estimate of drug-likeness (QED) is 0.876. The van der Waals surface area contributed by atoms with Crippen molar-refractivity contribution in [1.82, 2.24) is 4.72 Å². The lowest BCUT2D eigenvalue weighted by Gasteiger charge is -2.26. The number of nitrogens with two attached hydrogens (primary N) is 1. The van der Waals surface area contributed by atoms with Gasteiger partial charge in [0.2, 0.25) is 0 Å². The van der Waals surface area contributed by atoms with E-state index in [9.17, 15) is 21.6 Å². The average molecular weight is 344 g/mol. The highest BCUT2D eigenvalue weighted by molar-refractivity contribution is 7.90. The first-order valence-electron chi connectivity index (χ1n) is 6.66. The average Bonchev–Trinajstić information content (AvgIpc) is 2.52. The molecule has 0 radical (unpaired) electrons. The van der Waals surface area contributed by atoms with E-state index < -0.39 is 27.6 Å². The van der Waals surface area contributed by atoms with Gasteiger partial charge in [0, 0.05) is 0 Å². The van der Waals surface area contributed by atoms with Gasteiger partial charge in [-0.25, -0.2) is 8.42 Å². The van der Waals surface area contributed by atoms with Crippen molar-refractivity contribution in [3.8, 4) is 0 Å². The van der Waals surface area contributed by atoms with Crippen LogP contribution in [0.5, 0.6) is 0 Å². The summed E-state index contributed by atoms with van der Waals surface area (Å²) < 4.78 is 62.7. The van der Waals surface area contributed by atoms with Crippen LogP contribution in [0.4, 0.5) is 13.2 Å². The van der Waals surface area contributed by atoms with Crippen LogP contribution in [0, 0.1) is 0 Å². The van der Waals surface area contributed by atoms with Crippen molar-refractivity contribution in [2.24, 2.45) is 5.73 Å². The van der Waals surface area contributed by atoms with Crippen molar-refractivity contribution in [3.63, 3.8) is 0 Å². The summed E-state index contributed by atoms with van der Waals surface area (Å²) in [6, 6.07) is 14.0. The Morgan fingerprint density at radius 1 is 0.870 bits per heavy atom. The number of halogens is 3. The maximum Gasteiger partial charge on any atom is 0.511 e. The molecule has 2 atom stereocenters. The number of hydrogen-bond donors (Lipinski definition) is 2.